The lowest BCUT2D eigenvalue weighted by atomic mass is 10.2. The molecule has 0 saturated heterocycles. The molecular weight excluding hydrogens is 303 g/mol. The van der Waals surface area contributed by atoms with Crippen LogP contribution in [0, 0.1) is 22.9 Å². The minimum absolute atomic E-state index is 0.0484. The number of furan rings is 1. The van der Waals surface area contributed by atoms with Gasteiger partial charge in [-0.05, 0) is 55.5 Å². The van der Waals surface area contributed by atoms with E-state index in [-0.39, 0.29) is 23.0 Å². The molecule has 0 amide bonds. The zero-order valence-corrected chi connectivity index (χ0v) is 12.0. The summed E-state index contributed by atoms with van der Waals surface area (Å²) in [6.45, 7) is 1.50. The smallest absolute Gasteiger partial charge is 0.338 e. The van der Waals surface area contributed by atoms with Crippen molar-refractivity contribution in [2.45, 2.75) is 6.92 Å². The van der Waals surface area contributed by atoms with Gasteiger partial charge in [0, 0.05) is 5.56 Å². The van der Waals surface area contributed by atoms with Crippen molar-refractivity contribution in [2.75, 3.05) is 0 Å². The second kappa shape index (κ2) is 5.88. The van der Waals surface area contributed by atoms with Crippen molar-refractivity contribution in [3.8, 4) is 11.3 Å². The molecule has 0 atom stereocenters. The van der Waals surface area contributed by atoms with Gasteiger partial charge in [0.1, 0.15) is 17.3 Å². The van der Waals surface area contributed by atoms with Crippen molar-refractivity contribution in [2.24, 2.45) is 0 Å². The van der Waals surface area contributed by atoms with Gasteiger partial charge in [-0.1, -0.05) is 5.16 Å². The van der Waals surface area contributed by atoms with Crippen LogP contribution in [0.15, 0.2) is 45.3 Å². The van der Waals surface area contributed by atoms with Crippen LogP contribution in [0.3, 0.4) is 0 Å². The van der Waals surface area contributed by atoms with Gasteiger partial charge in [-0.25, -0.2) is 4.39 Å². The molecule has 2 aromatic heterocycles. The van der Waals surface area contributed by atoms with E-state index in [9.17, 15) is 14.5 Å². The molecule has 23 heavy (non-hydrogen) atoms. The minimum Gasteiger partial charge on any atom is -0.457 e. The molecular formula is C16H11FN2O4. The maximum Gasteiger partial charge on any atom is 0.338 e. The molecule has 3 aromatic rings. The van der Waals surface area contributed by atoms with Crippen molar-refractivity contribution in [1.82, 2.24) is 5.16 Å². The average molecular weight is 314 g/mol. The summed E-state index contributed by atoms with van der Waals surface area (Å²) in [5, 5.41) is 14.5. The molecule has 2 heterocycles. The third kappa shape index (κ3) is 3.03. The predicted octanol–water partition coefficient (Wildman–Crippen LogP) is 4.46. The van der Waals surface area contributed by atoms with E-state index in [0.717, 1.165) is 5.56 Å². The molecule has 0 aliphatic carbocycles. The van der Waals surface area contributed by atoms with Gasteiger partial charge in [0.05, 0.1) is 4.92 Å². The average Bonchev–Trinajstić information content (AvgIpc) is 3.12. The first-order valence-electron chi connectivity index (χ1n) is 6.69. The highest BCUT2D eigenvalue weighted by Gasteiger charge is 2.22. The highest BCUT2D eigenvalue weighted by molar-refractivity contribution is 5.71. The minimum atomic E-state index is -0.544. The molecule has 0 aliphatic heterocycles. The Morgan fingerprint density at radius 2 is 1.91 bits per heavy atom. The summed E-state index contributed by atoms with van der Waals surface area (Å²) in [4.78, 5) is 10.4. The van der Waals surface area contributed by atoms with Crippen molar-refractivity contribution in [1.29, 1.82) is 0 Å². The van der Waals surface area contributed by atoms with Gasteiger partial charge in [-0.15, -0.1) is 0 Å². The van der Waals surface area contributed by atoms with Gasteiger partial charge in [0.15, 0.2) is 5.69 Å². The SMILES string of the molecule is Cc1noc(/C=C/c2ccc(-c3ccc(F)cc3)o2)c1[N+](=O)[O-]. The van der Waals surface area contributed by atoms with Gasteiger partial charge in [-0.3, -0.25) is 10.1 Å². The monoisotopic (exact) mass is 314 g/mol. The van der Waals surface area contributed by atoms with Crippen LogP contribution in [-0.4, -0.2) is 10.1 Å². The van der Waals surface area contributed by atoms with E-state index in [1.54, 1.807) is 30.3 Å². The van der Waals surface area contributed by atoms with E-state index in [1.807, 2.05) is 0 Å². The fourth-order valence-corrected chi connectivity index (χ4v) is 2.08. The van der Waals surface area contributed by atoms with Gasteiger partial charge >= 0.3 is 5.69 Å². The van der Waals surface area contributed by atoms with Crippen LogP contribution in [0.25, 0.3) is 23.5 Å². The standard InChI is InChI=1S/C16H11FN2O4/c1-10-16(19(20)21)15(23-18-10)9-7-13-6-8-14(22-13)11-2-4-12(17)5-3-11/h2-9H,1H3/b9-7+. The predicted molar refractivity (Wildman–Crippen MR) is 80.9 cm³/mol. The van der Waals surface area contributed by atoms with Crippen molar-refractivity contribution in [3.63, 3.8) is 0 Å². The molecule has 0 unspecified atom stereocenters. The molecule has 6 nitrogen and oxygen atoms in total. The first-order valence-corrected chi connectivity index (χ1v) is 6.69. The number of aromatic nitrogens is 1. The summed E-state index contributed by atoms with van der Waals surface area (Å²) in [5.41, 5.74) is 0.764. The molecule has 0 bridgehead atoms. The van der Waals surface area contributed by atoms with Crippen molar-refractivity contribution < 1.29 is 18.3 Å². The quantitative estimate of drug-likeness (QED) is 0.524. The van der Waals surface area contributed by atoms with E-state index in [4.69, 9.17) is 8.94 Å². The van der Waals surface area contributed by atoms with E-state index in [2.05, 4.69) is 5.16 Å². The largest absolute Gasteiger partial charge is 0.457 e. The van der Waals surface area contributed by atoms with Crippen LogP contribution >= 0.6 is 0 Å². The summed E-state index contributed by atoms with van der Waals surface area (Å²) in [6, 6.07) is 9.32. The summed E-state index contributed by atoms with van der Waals surface area (Å²) in [5.74, 6) is 0.765. The normalized spacial score (nSPS) is 11.2. The highest BCUT2D eigenvalue weighted by atomic mass is 19.1. The summed E-state index contributed by atoms with van der Waals surface area (Å²) < 4.78 is 23.4. The molecule has 0 saturated carbocycles. The lowest BCUT2D eigenvalue weighted by Gasteiger charge is -1.95. The molecule has 0 radical (unpaired) electrons. The first-order chi connectivity index (χ1) is 11.0. The van der Waals surface area contributed by atoms with Gasteiger partial charge < -0.3 is 8.94 Å². The van der Waals surface area contributed by atoms with Gasteiger partial charge in [0.25, 0.3) is 0 Å². The Bertz CT molecular complexity index is 878. The fraction of sp³-hybridized carbons (Fsp3) is 0.0625. The molecule has 7 heteroatoms. The first kappa shape index (κ1) is 14.7. The number of benzene rings is 1. The molecule has 0 aliphatic rings. The van der Waals surface area contributed by atoms with Gasteiger partial charge in [-0.2, -0.15) is 0 Å². The number of aryl methyl sites for hydroxylation is 1. The third-order valence-corrected chi connectivity index (χ3v) is 3.19. The van der Waals surface area contributed by atoms with Crippen molar-refractivity contribution >= 4 is 17.8 Å². The lowest BCUT2D eigenvalue weighted by Crippen LogP contribution is -1.89. The topological polar surface area (TPSA) is 82.3 Å². The van der Waals surface area contributed by atoms with E-state index < -0.39 is 4.92 Å². The molecule has 0 N–H and O–H groups in total. The number of halogens is 1. The Kier molecular flexibility index (Phi) is 3.76. The molecule has 0 spiro atoms. The van der Waals surface area contributed by atoms with Crippen LogP contribution < -0.4 is 0 Å². The van der Waals surface area contributed by atoms with Crippen LogP contribution in [0.5, 0.6) is 0 Å². The lowest BCUT2D eigenvalue weighted by molar-refractivity contribution is -0.386. The van der Waals surface area contributed by atoms with E-state index in [0.29, 0.717) is 11.5 Å². The van der Waals surface area contributed by atoms with Crippen LogP contribution in [-0.2, 0) is 0 Å². The molecule has 1 aromatic carbocycles. The molecule has 116 valence electrons. The number of nitrogens with zero attached hydrogens (tertiary/aromatic N) is 2. The number of hydrogen-bond acceptors (Lipinski definition) is 5. The van der Waals surface area contributed by atoms with E-state index >= 15 is 0 Å². The number of hydrogen-bond donors (Lipinski definition) is 0. The zero-order valence-electron chi connectivity index (χ0n) is 12.0. The Balaban J connectivity index is 1.84. The number of rotatable bonds is 4. The Morgan fingerprint density at radius 3 is 2.61 bits per heavy atom. The third-order valence-electron chi connectivity index (χ3n) is 3.19. The van der Waals surface area contributed by atoms with E-state index in [1.165, 1.54) is 25.1 Å². The summed E-state index contributed by atoms with van der Waals surface area (Å²) in [7, 11) is 0. The highest BCUT2D eigenvalue weighted by Crippen LogP contribution is 2.26. The Hall–Kier alpha value is -3.22. The van der Waals surface area contributed by atoms with Gasteiger partial charge in [0.2, 0.25) is 5.76 Å². The summed E-state index contributed by atoms with van der Waals surface area (Å²) in [6.07, 6.45) is 2.96. The van der Waals surface area contributed by atoms with Crippen LogP contribution in [0.2, 0.25) is 0 Å². The fourth-order valence-electron chi connectivity index (χ4n) is 2.08. The maximum atomic E-state index is 12.9. The zero-order chi connectivity index (χ0) is 16.4. The van der Waals surface area contributed by atoms with Crippen molar-refractivity contribution in [3.05, 3.63) is 69.5 Å². The second-order valence-corrected chi connectivity index (χ2v) is 4.78. The Labute approximate surface area is 130 Å². The second-order valence-electron chi connectivity index (χ2n) is 4.78. The van der Waals surface area contributed by atoms with Crippen LogP contribution in [0.1, 0.15) is 17.2 Å². The summed E-state index contributed by atoms with van der Waals surface area (Å²) >= 11 is 0. The maximum absolute atomic E-state index is 12.9. The Morgan fingerprint density at radius 1 is 1.17 bits per heavy atom. The van der Waals surface area contributed by atoms with Crippen LogP contribution in [0.4, 0.5) is 10.1 Å². The number of nitro groups is 1. The molecule has 3 rings (SSSR count). The molecule has 0 fully saturated rings.